The van der Waals surface area contributed by atoms with Crippen LogP contribution in [0.2, 0.25) is 0 Å². The molecule has 1 saturated heterocycles. The molecule has 0 N–H and O–H groups in total. The average molecular weight is 426 g/mol. The van der Waals surface area contributed by atoms with Gasteiger partial charge in [0.05, 0.1) is 12.6 Å². The van der Waals surface area contributed by atoms with E-state index in [-0.39, 0.29) is 19.4 Å². The van der Waals surface area contributed by atoms with Gasteiger partial charge < -0.3 is 14.2 Å². The average Bonchev–Trinajstić information content (AvgIpc) is 3.53. The molecule has 164 valence electrons. The van der Waals surface area contributed by atoms with Crippen molar-refractivity contribution in [2.75, 3.05) is 19.9 Å². The van der Waals surface area contributed by atoms with Gasteiger partial charge in [-0.25, -0.2) is 4.68 Å². The Labute approximate surface area is 179 Å². The monoisotopic (exact) mass is 426 g/mol. The molecule has 9 nitrogen and oxygen atoms in total. The van der Waals surface area contributed by atoms with Gasteiger partial charge in [-0.1, -0.05) is 18.9 Å². The first-order valence-electron chi connectivity index (χ1n) is 11.1. The van der Waals surface area contributed by atoms with Crippen molar-refractivity contribution in [1.82, 2.24) is 19.2 Å². The molecule has 2 aromatic rings. The van der Waals surface area contributed by atoms with Crippen LogP contribution in [0.15, 0.2) is 27.8 Å². The molecule has 4 heterocycles. The quantitative estimate of drug-likeness (QED) is 0.686. The highest BCUT2D eigenvalue weighted by molar-refractivity contribution is 5.44. The fourth-order valence-electron chi connectivity index (χ4n) is 5.38. The summed E-state index contributed by atoms with van der Waals surface area (Å²) in [6.45, 7) is 3.26. The van der Waals surface area contributed by atoms with Crippen LogP contribution >= 0.6 is 0 Å². The van der Waals surface area contributed by atoms with Gasteiger partial charge in [0.1, 0.15) is 12.2 Å². The highest BCUT2D eigenvalue weighted by Gasteiger charge is 2.43. The summed E-state index contributed by atoms with van der Waals surface area (Å²) in [5.41, 5.74) is -0.270. The van der Waals surface area contributed by atoms with Crippen molar-refractivity contribution in [3.63, 3.8) is 0 Å². The minimum Gasteiger partial charge on any atom is -0.454 e. The van der Waals surface area contributed by atoms with Crippen LogP contribution in [0, 0.1) is 0 Å². The standard InChI is InChI=1S/C22H26N4O5/c27-20-21(28)26(16-3-1-2-4-16)23-19-11-31-22(13-25(19)20)7-8-24(12-22)10-15-5-6-17-18(9-15)30-14-29-17/h5-6,9,16H,1-4,7-8,10-14H2/t22-/m1/s1. The molecule has 0 unspecified atom stereocenters. The lowest BCUT2D eigenvalue weighted by atomic mass is 10.0. The predicted molar refractivity (Wildman–Crippen MR) is 110 cm³/mol. The summed E-state index contributed by atoms with van der Waals surface area (Å²) < 4.78 is 20.1. The van der Waals surface area contributed by atoms with Gasteiger partial charge in [-0.3, -0.25) is 19.1 Å². The summed E-state index contributed by atoms with van der Waals surface area (Å²) in [6, 6.07) is 6.06. The highest BCUT2D eigenvalue weighted by Crippen LogP contribution is 2.35. The number of ether oxygens (including phenoxy) is 3. The molecule has 31 heavy (non-hydrogen) atoms. The van der Waals surface area contributed by atoms with E-state index in [4.69, 9.17) is 14.2 Å². The van der Waals surface area contributed by atoms with Crippen LogP contribution in [0.3, 0.4) is 0 Å². The lowest BCUT2D eigenvalue weighted by molar-refractivity contribution is -0.0860. The summed E-state index contributed by atoms with van der Waals surface area (Å²) in [5, 5.41) is 4.53. The molecular formula is C22H26N4O5. The van der Waals surface area contributed by atoms with Crippen molar-refractivity contribution in [3.05, 3.63) is 50.3 Å². The second kappa shape index (κ2) is 7.20. The van der Waals surface area contributed by atoms with E-state index in [0.717, 1.165) is 62.3 Å². The van der Waals surface area contributed by atoms with Gasteiger partial charge in [0.2, 0.25) is 6.79 Å². The van der Waals surface area contributed by atoms with Gasteiger partial charge in [-0.05, 0) is 37.0 Å². The van der Waals surface area contributed by atoms with Crippen LogP contribution in [0.5, 0.6) is 11.5 Å². The van der Waals surface area contributed by atoms with Crippen LogP contribution in [-0.4, -0.2) is 44.7 Å². The third-order valence-corrected chi connectivity index (χ3v) is 7.03. The minimum atomic E-state index is -0.497. The topological polar surface area (TPSA) is 87.8 Å². The van der Waals surface area contributed by atoms with Gasteiger partial charge in [-0.15, -0.1) is 0 Å². The van der Waals surface area contributed by atoms with E-state index < -0.39 is 16.7 Å². The van der Waals surface area contributed by atoms with Gasteiger partial charge >= 0.3 is 11.1 Å². The van der Waals surface area contributed by atoms with Crippen LogP contribution in [0.4, 0.5) is 0 Å². The SMILES string of the molecule is O=c1c(=O)n2c(nn1C1CCCC1)CO[C@@]1(CCN(Cc3ccc4c(c3)OCO4)C1)C2. The molecule has 0 amide bonds. The molecule has 3 aliphatic heterocycles. The van der Waals surface area contributed by atoms with E-state index >= 15 is 0 Å². The van der Waals surface area contributed by atoms with E-state index in [1.807, 2.05) is 12.1 Å². The molecule has 9 heteroatoms. The largest absolute Gasteiger partial charge is 0.454 e. The molecule has 0 radical (unpaired) electrons. The molecular weight excluding hydrogens is 400 g/mol. The van der Waals surface area contributed by atoms with Crippen molar-refractivity contribution in [1.29, 1.82) is 0 Å². The van der Waals surface area contributed by atoms with E-state index in [1.165, 1.54) is 4.68 Å². The molecule has 0 bridgehead atoms. The Bertz CT molecular complexity index is 1140. The van der Waals surface area contributed by atoms with E-state index in [1.54, 1.807) is 4.57 Å². The Kier molecular flexibility index (Phi) is 4.43. The Hall–Kier alpha value is -2.65. The molecule has 6 rings (SSSR count). The lowest BCUT2D eigenvalue weighted by Crippen LogP contribution is -2.53. The number of benzene rings is 1. The maximum Gasteiger partial charge on any atom is 0.332 e. The molecule has 4 aliphatic rings. The number of fused-ring (bicyclic) bond motifs is 2. The Morgan fingerprint density at radius 2 is 1.90 bits per heavy atom. The van der Waals surface area contributed by atoms with Crippen molar-refractivity contribution < 1.29 is 14.2 Å². The smallest absolute Gasteiger partial charge is 0.332 e. The van der Waals surface area contributed by atoms with E-state index in [2.05, 4.69) is 16.1 Å². The fraction of sp³-hybridized carbons (Fsp3) is 0.591. The molecule has 1 spiro atoms. The van der Waals surface area contributed by atoms with Crippen LogP contribution in [-0.2, 0) is 24.4 Å². The molecule has 1 atom stereocenters. The number of rotatable bonds is 3. The Morgan fingerprint density at radius 3 is 2.77 bits per heavy atom. The maximum absolute atomic E-state index is 12.9. The van der Waals surface area contributed by atoms with Crippen LogP contribution in [0.1, 0.15) is 49.5 Å². The van der Waals surface area contributed by atoms with Gasteiger partial charge in [0.25, 0.3) is 0 Å². The van der Waals surface area contributed by atoms with E-state index in [0.29, 0.717) is 18.9 Å². The summed E-state index contributed by atoms with van der Waals surface area (Å²) in [7, 11) is 0. The summed E-state index contributed by atoms with van der Waals surface area (Å²) in [4.78, 5) is 28.0. The molecule has 1 aliphatic carbocycles. The van der Waals surface area contributed by atoms with Gasteiger partial charge in [0.15, 0.2) is 17.3 Å². The second-order valence-electron chi connectivity index (χ2n) is 9.12. The van der Waals surface area contributed by atoms with E-state index in [9.17, 15) is 9.59 Å². The normalized spacial score (nSPS) is 25.4. The predicted octanol–water partition coefficient (Wildman–Crippen LogP) is 1.42. The Balaban J connectivity index is 1.20. The van der Waals surface area contributed by atoms with Gasteiger partial charge in [0, 0.05) is 19.6 Å². The minimum absolute atomic E-state index is 0.0469. The highest BCUT2D eigenvalue weighted by atomic mass is 16.7. The molecule has 1 aromatic carbocycles. The van der Waals surface area contributed by atoms with Crippen molar-refractivity contribution in [2.24, 2.45) is 0 Å². The number of hydrogen-bond donors (Lipinski definition) is 0. The first kappa shape index (κ1) is 19.1. The number of nitrogens with zero attached hydrogens (tertiary/aromatic N) is 4. The van der Waals surface area contributed by atoms with Crippen molar-refractivity contribution >= 4 is 0 Å². The zero-order chi connectivity index (χ0) is 21.0. The zero-order valence-corrected chi connectivity index (χ0v) is 17.4. The first-order valence-corrected chi connectivity index (χ1v) is 11.1. The van der Waals surface area contributed by atoms with Crippen molar-refractivity contribution in [3.8, 4) is 11.5 Å². The van der Waals surface area contributed by atoms with Crippen LogP contribution in [0.25, 0.3) is 0 Å². The fourth-order valence-corrected chi connectivity index (χ4v) is 5.38. The lowest BCUT2D eigenvalue weighted by Gasteiger charge is -2.35. The zero-order valence-electron chi connectivity index (χ0n) is 17.4. The number of aromatic nitrogens is 3. The number of likely N-dealkylation sites (tertiary alicyclic amines) is 1. The summed E-state index contributed by atoms with van der Waals surface area (Å²) in [6.07, 6.45) is 4.80. The van der Waals surface area contributed by atoms with Crippen LogP contribution < -0.4 is 20.6 Å². The third kappa shape index (κ3) is 3.27. The third-order valence-electron chi connectivity index (χ3n) is 7.03. The molecule has 2 fully saturated rings. The first-order chi connectivity index (χ1) is 15.1. The molecule has 1 aromatic heterocycles. The number of hydrogen-bond acceptors (Lipinski definition) is 7. The Morgan fingerprint density at radius 1 is 1.06 bits per heavy atom. The summed E-state index contributed by atoms with van der Waals surface area (Å²) in [5.74, 6) is 2.13. The molecule has 1 saturated carbocycles. The van der Waals surface area contributed by atoms with Gasteiger partial charge in [-0.2, -0.15) is 5.10 Å². The second-order valence-corrected chi connectivity index (χ2v) is 9.12. The summed E-state index contributed by atoms with van der Waals surface area (Å²) >= 11 is 0. The van der Waals surface area contributed by atoms with Crippen molar-refractivity contribution in [2.45, 2.75) is 63.4 Å². The maximum atomic E-state index is 12.9.